The van der Waals surface area contributed by atoms with Gasteiger partial charge in [0.1, 0.15) is 0 Å². The molecule has 0 aliphatic carbocycles. The first-order valence-electron chi connectivity index (χ1n) is 7.73. The van der Waals surface area contributed by atoms with Gasteiger partial charge in [-0.2, -0.15) is 0 Å². The van der Waals surface area contributed by atoms with Gasteiger partial charge in [0.05, 0.1) is 0 Å². The highest BCUT2D eigenvalue weighted by molar-refractivity contribution is 6.05. The largest absolute Gasteiger partial charge is 0.336 e. The molecule has 0 spiro atoms. The number of carbonyl (C=O) groups is 2. The fourth-order valence-electron chi connectivity index (χ4n) is 2.66. The van der Waals surface area contributed by atoms with E-state index in [0.29, 0.717) is 18.7 Å². The van der Waals surface area contributed by atoms with Gasteiger partial charge in [-0.1, -0.05) is 25.1 Å². The predicted octanol–water partition coefficient (Wildman–Crippen LogP) is 3.03. The van der Waals surface area contributed by atoms with Crippen molar-refractivity contribution in [2.75, 3.05) is 23.3 Å². The Morgan fingerprint density at radius 1 is 1.17 bits per heavy atom. The summed E-state index contributed by atoms with van der Waals surface area (Å²) >= 11 is 0. The lowest BCUT2D eigenvalue weighted by Crippen LogP contribution is -2.27. The van der Waals surface area contributed by atoms with Crippen LogP contribution >= 0.6 is 0 Å². The van der Waals surface area contributed by atoms with E-state index in [2.05, 4.69) is 17.6 Å². The summed E-state index contributed by atoms with van der Waals surface area (Å²) in [6.45, 7) is 3.35. The molecule has 2 N–H and O–H groups in total. The number of para-hydroxylation sites is 1. The lowest BCUT2D eigenvalue weighted by atomic mass is 10.1. The van der Waals surface area contributed by atoms with E-state index < -0.39 is 0 Å². The molecule has 0 aromatic heterocycles. The van der Waals surface area contributed by atoms with E-state index in [1.807, 2.05) is 24.3 Å². The first-order chi connectivity index (χ1) is 11.2. The summed E-state index contributed by atoms with van der Waals surface area (Å²) in [4.78, 5) is 25.7. The molecule has 118 valence electrons. The third kappa shape index (κ3) is 3.18. The third-order valence-electron chi connectivity index (χ3n) is 3.94. The van der Waals surface area contributed by atoms with Crippen LogP contribution in [0, 0.1) is 0 Å². The van der Waals surface area contributed by atoms with E-state index >= 15 is 0 Å². The average Bonchev–Trinajstić information content (AvgIpc) is 3.01. The Kier molecular flexibility index (Phi) is 4.28. The molecule has 3 amide bonds. The highest BCUT2D eigenvalue weighted by Crippen LogP contribution is 2.19. The Morgan fingerprint density at radius 2 is 1.91 bits per heavy atom. The number of carbonyl (C=O) groups excluding carboxylic acids is 2. The highest BCUT2D eigenvalue weighted by Gasteiger charge is 2.21. The number of nitrogens with one attached hydrogen (secondary N) is 2. The quantitative estimate of drug-likeness (QED) is 0.912. The lowest BCUT2D eigenvalue weighted by Gasteiger charge is -2.14. The number of amides is 3. The smallest absolute Gasteiger partial charge is 0.321 e. The molecule has 0 atom stereocenters. The fraction of sp³-hybridized carbons (Fsp3) is 0.222. The van der Waals surface area contributed by atoms with Gasteiger partial charge >= 0.3 is 6.03 Å². The Balaban J connectivity index is 1.74. The minimum Gasteiger partial charge on any atom is -0.336 e. The molecule has 0 bridgehead atoms. The van der Waals surface area contributed by atoms with E-state index in [0.717, 1.165) is 23.4 Å². The van der Waals surface area contributed by atoms with E-state index in [9.17, 15) is 9.59 Å². The minimum atomic E-state index is -0.150. The number of anilines is 2. The van der Waals surface area contributed by atoms with Crippen LogP contribution in [0.25, 0.3) is 0 Å². The number of aryl methyl sites for hydroxylation is 1. The summed E-state index contributed by atoms with van der Waals surface area (Å²) in [5, 5.41) is 5.70. The van der Waals surface area contributed by atoms with Crippen molar-refractivity contribution < 1.29 is 9.59 Å². The summed E-state index contributed by atoms with van der Waals surface area (Å²) in [6.07, 6.45) is 0.861. The average molecular weight is 309 g/mol. The normalized spacial score (nSPS) is 13.8. The molecule has 3 rings (SSSR count). The zero-order chi connectivity index (χ0) is 16.2. The van der Waals surface area contributed by atoms with Gasteiger partial charge < -0.3 is 10.6 Å². The Hall–Kier alpha value is -2.82. The summed E-state index contributed by atoms with van der Waals surface area (Å²) in [6, 6.07) is 14.8. The van der Waals surface area contributed by atoms with Crippen LogP contribution in [0.5, 0.6) is 0 Å². The maximum Gasteiger partial charge on any atom is 0.321 e. The molecule has 1 aliphatic heterocycles. The van der Waals surface area contributed by atoms with Crippen LogP contribution in [-0.4, -0.2) is 25.0 Å². The molecule has 1 saturated heterocycles. The van der Waals surface area contributed by atoms with E-state index in [4.69, 9.17) is 0 Å². The van der Waals surface area contributed by atoms with Crippen molar-refractivity contribution in [1.29, 1.82) is 0 Å². The lowest BCUT2D eigenvalue weighted by molar-refractivity contribution is 0.102. The van der Waals surface area contributed by atoms with Gasteiger partial charge in [0.15, 0.2) is 0 Å². The van der Waals surface area contributed by atoms with Crippen LogP contribution in [0.3, 0.4) is 0 Å². The molecule has 5 nitrogen and oxygen atoms in total. The van der Waals surface area contributed by atoms with Crippen molar-refractivity contribution in [1.82, 2.24) is 5.32 Å². The second-order valence-electron chi connectivity index (χ2n) is 5.40. The van der Waals surface area contributed by atoms with Crippen molar-refractivity contribution in [3.63, 3.8) is 0 Å². The molecule has 23 heavy (non-hydrogen) atoms. The van der Waals surface area contributed by atoms with Crippen LogP contribution in [-0.2, 0) is 6.42 Å². The van der Waals surface area contributed by atoms with E-state index in [1.165, 1.54) is 0 Å². The number of urea groups is 1. The Morgan fingerprint density at radius 3 is 2.57 bits per heavy atom. The van der Waals surface area contributed by atoms with Crippen molar-refractivity contribution >= 4 is 23.3 Å². The second kappa shape index (κ2) is 6.52. The molecule has 1 aliphatic rings. The first-order valence-corrected chi connectivity index (χ1v) is 7.73. The summed E-state index contributed by atoms with van der Waals surface area (Å²) in [5.41, 5.74) is 3.30. The van der Waals surface area contributed by atoms with Gasteiger partial charge in [-0.05, 0) is 42.3 Å². The van der Waals surface area contributed by atoms with Crippen molar-refractivity contribution in [2.24, 2.45) is 0 Å². The van der Waals surface area contributed by atoms with E-state index in [1.54, 1.807) is 29.2 Å². The van der Waals surface area contributed by atoms with Crippen LogP contribution < -0.4 is 15.5 Å². The number of hydrogen-bond donors (Lipinski definition) is 2. The second-order valence-corrected chi connectivity index (χ2v) is 5.40. The molecule has 0 unspecified atom stereocenters. The molecule has 2 aromatic carbocycles. The number of nitrogens with zero attached hydrogens (tertiary/aromatic N) is 1. The number of hydrogen-bond acceptors (Lipinski definition) is 2. The van der Waals surface area contributed by atoms with Gasteiger partial charge in [-0.3, -0.25) is 9.69 Å². The van der Waals surface area contributed by atoms with E-state index in [-0.39, 0.29) is 11.9 Å². The first kappa shape index (κ1) is 15.1. The van der Waals surface area contributed by atoms with Gasteiger partial charge in [0.25, 0.3) is 5.91 Å². The van der Waals surface area contributed by atoms with Gasteiger partial charge in [-0.25, -0.2) is 4.79 Å². The predicted molar refractivity (Wildman–Crippen MR) is 91.0 cm³/mol. The van der Waals surface area contributed by atoms with Crippen LogP contribution in [0.15, 0.2) is 48.5 Å². The molecule has 0 saturated carbocycles. The van der Waals surface area contributed by atoms with Crippen LogP contribution in [0.4, 0.5) is 16.2 Å². The number of benzene rings is 2. The number of rotatable bonds is 4. The third-order valence-corrected chi connectivity index (χ3v) is 3.94. The maximum atomic E-state index is 12.4. The molecular weight excluding hydrogens is 290 g/mol. The highest BCUT2D eigenvalue weighted by atomic mass is 16.2. The molecular formula is C18H19N3O2. The SMILES string of the molecule is CCc1ccccc1NC(=O)c1ccc(N2CCNC2=O)cc1. The zero-order valence-corrected chi connectivity index (χ0v) is 13.0. The summed E-state index contributed by atoms with van der Waals surface area (Å²) in [7, 11) is 0. The summed E-state index contributed by atoms with van der Waals surface area (Å²) in [5.74, 6) is -0.150. The summed E-state index contributed by atoms with van der Waals surface area (Å²) < 4.78 is 0. The maximum absolute atomic E-state index is 12.4. The monoisotopic (exact) mass is 309 g/mol. The standard InChI is InChI=1S/C18H19N3O2/c1-2-13-5-3-4-6-16(13)20-17(22)14-7-9-15(10-8-14)21-12-11-19-18(21)23/h3-10H,2,11-12H2,1H3,(H,19,23)(H,20,22). The van der Waals surface area contributed by atoms with Crippen LogP contribution in [0.1, 0.15) is 22.8 Å². The van der Waals surface area contributed by atoms with Gasteiger partial charge in [-0.15, -0.1) is 0 Å². The van der Waals surface area contributed by atoms with Gasteiger partial charge in [0, 0.05) is 30.0 Å². The Bertz CT molecular complexity index is 725. The molecule has 2 aromatic rings. The zero-order valence-electron chi connectivity index (χ0n) is 13.0. The fourth-order valence-corrected chi connectivity index (χ4v) is 2.66. The topological polar surface area (TPSA) is 61.4 Å². The van der Waals surface area contributed by atoms with Crippen molar-refractivity contribution in [2.45, 2.75) is 13.3 Å². The van der Waals surface area contributed by atoms with Gasteiger partial charge in [0.2, 0.25) is 0 Å². The molecule has 0 radical (unpaired) electrons. The molecule has 1 heterocycles. The molecule has 1 fully saturated rings. The van der Waals surface area contributed by atoms with Crippen molar-refractivity contribution in [3.05, 3.63) is 59.7 Å². The Labute approximate surface area is 135 Å². The van der Waals surface area contributed by atoms with Crippen molar-refractivity contribution in [3.8, 4) is 0 Å². The minimum absolute atomic E-state index is 0.0981. The van der Waals surface area contributed by atoms with Crippen LogP contribution in [0.2, 0.25) is 0 Å². The molecule has 5 heteroatoms.